The molecule has 0 aromatic carbocycles. The standard InChI is InChI=1S/C11H20N2O4S/c1-7(2)3-8(11(16)17)4-13-10(15)6-18-5-9(12)14/h7-8H,3-6H2,1-2H3,(H2,12,14)(H,13,15)(H,16,17). The number of rotatable bonds is 9. The van der Waals surface area contributed by atoms with Gasteiger partial charge in [0.25, 0.3) is 0 Å². The molecule has 104 valence electrons. The monoisotopic (exact) mass is 276 g/mol. The molecule has 0 saturated heterocycles. The van der Waals surface area contributed by atoms with E-state index in [9.17, 15) is 14.4 Å². The molecule has 6 nitrogen and oxygen atoms in total. The number of primary amides is 1. The highest BCUT2D eigenvalue weighted by Crippen LogP contribution is 2.11. The summed E-state index contributed by atoms with van der Waals surface area (Å²) in [5, 5.41) is 11.5. The Labute approximate surface area is 111 Å². The number of hydrogen-bond donors (Lipinski definition) is 3. The van der Waals surface area contributed by atoms with Crippen molar-refractivity contribution in [2.24, 2.45) is 17.6 Å². The number of nitrogens with one attached hydrogen (secondary N) is 1. The Hall–Kier alpha value is -1.24. The Bertz CT molecular complexity index is 307. The lowest BCUT2D eigenvalue weighted by Crippen LogP contribution is -2.34. The van der Waals surface area contributed by atoms with Crippen molar-refractivity contribution in [1.82, 2.24) is 5.32 Å². The zero-order valence-electron chi connectivity index (χ0n) is 10.6. The lowest BCUT2D eigenvalue weighted by Gasteiger charge is -2.15. The van der Waals surface area contributed by atoms with Gasteiger partial charge in [-0.15, -0.1) is 11.8 Å². The summed E-state index contributed by atoms with van der Waals surface area (Å²) >= 11 is 1.11. The van der Waals surface area contributed by atoms with Gasteiger partial charge in [-0.2, -0.15) is 0 Å². The van der Waals surface area contributed by atoms with Gasteiger partial charge in [0, 0.05) is 6.54 Å². The fourth-order valence-electron chi connectivity index (χ4n) is 1.37. The molecule has 0 bridgehead atoms. The van der Waals surface area contributed by atoms with Gasteiger partial charge in [-0.25, -0.2) is 0 Å². The Morgan fingerprint density at radius 1 is 1.28 bits per heavy atom. The summed E-state index contributed by atoms with van der Waals surface area (Å²) in [5.41, 5.74) is 4.93. The Balaban J connectivity index is 3.92. The second-order valence-electron chi connectivity index (χ2n) is 4.43. The summed E-state index contributed by atoms with van der Waals surface area (Å²) < 4.78 is 0. The third-order valence-corrected chi connectivity index (χ3v) is 3.08. The third-order valence-electron chi connectivity index (χ3n) is 2.13. The van der Waals surface area contributed by atoms with E-state index in [1.165, 1.54) is 0 Å². The van der Waals surface area contributed by atoms with Crippen molar-refractivity contribution in [2.75, 3.05) is 18.1 Å². The minimum Gasteiger partial charge on any atom is -0.481 e. The van der Waals surface area contributed by atoms with Crippen LogP contribution in [0.2, 0.25) is 0 Å². The first-order valence-corrected chi connectivity index (χ1v) is 6.84. The lowest BCUT2D eigenvalue weighted by atomic mass is 9.97. The minimum atomic E-state index is -0.909. The van der Waals surface area contributed by atoms with Crippen LogP contribution in [0.25, 0.3) is 0 Å². The smallest absolute Gasteiger partial charge is 0.308 e. The number of thioether (sulfide) groups is 1. The van der Waals surface area contributed by atoms with Crippen LogP contribution in [0, 0.1) is 11.8 Å². The number of carbonyl (C=O) groups is 3. The molecule has 0 radical (unpaired) electrons. The number of carbonyl (C=O) groups excluding carboxylic acids is 2. The van der Waals surface area contributed by atoms with Crippen molar-refractivity contribution in [3.8, 4) is 0 Å². The first-order valence-electron chi connectivity index (χ1n) is 5.68. The lowest BCUT2D eigenvalue weighted by molar-refractivity contribution is -0.142. The highest BCUT2D eigenvalue weighted by atomic mass is 32.2. The van der Waals surface area contributed by atoms with E-state index in [1.54, 1.807) is 0 Å². The van der Waals surface area contributed by atoms with Crippen LogP contribution in [-0.4, -0.2) is 40.9 Å². The molecule has 2 amide bonds. The van der Waals surface area contributed by atoms with E-state index in [4.69, 9.17) is 10.8 Å². The fourth-order valence-corrected chi connectivity index (χ4v) is 1.96. The van der Waals surface area contributed by atoms with Crippen LogP contribution < -0.4 is 11.1 Å². The zero-order valence-corrected chi connectivity index (χ0v) is 11.5. The van der Waals surface area contributed by atoms with Crippen LogP contribution in [-0.2, 0) is 14.4 Å². The van der Waals surface area contributed by atoms with E-state index in [-0.39, 0.29) is 29.9 Å². The number of carboxylic acid groups (broad SMARTS) is 1. The molecule has 0 aliphatic carbocycles. The number of carboxylic acids is 1. The van der Waals surface area contributed by atoms with Gasteiger partial charge in [0.05, 0.1) is 17.4 Å². The Kier molecular flexibility index (Phi) is 8.19. The number of hydrogen-bond acceptors (Lipinski definition) is 4. The molecule has 0 heterocycles. The molecule has 0 aromatic heterocycles. The Morgan fingerprint density at radius 2 is 1.89 bits per heavy atom. The molecule has 1 unspecified atom stereocenters. The highest BCUT2D eigenvalue weighted by Gasteiger charge is 2.19. The van der Waals surface area contributed by atoms with Gasteiger partial charge in [0.2, 0.25) is 11.8 Å². The van der Waals surface area contributed by atoms with Crippen molar-refractivity contribution in [3.05, 3.63) is 0 Å². The molecule has 1 atom stereocenters. The molecule has 0 aliphatic heterocycles. The molecule has 0 fully saturated rings. The first-order chi connectivity index (χ1) is 8.32. The van der Waals surface area contributed by atoms with Crippen LogP contribution in [0.4, 0.5) is 0 Å². The van der Waals surface area contributed by atoms with Gasteiger partial charge in [0.1, 0.15) is 0 Å². The summed E-state index contributed by atoms with van der Waals surface area (Å²) in [6.45, 7) is 3.98. The molecule has 0 spiro atoms. The maximum atomic E-state index is 11.4. The van der Waals surface area contributed by atoms with Gasteiger partial charge < -0.3 is 16.2 Å². The van der Waals surface area contributed by atoms with Crippen LogP contribution in [0.1, 0.15) is 20.3 Å². The molecule has 0 saturated carbocycles. The number of amides is 2. The number of nitrogens with two attached hydrogens (primary N) is 1. The van der Waals surface area contributed by atoms with Crippen LogP contribution in [0.15, 0.2) is 0 Å². The predicted octanol–water partition coefficient (Wildman–Crippen LogP) is 0.0680. The third kappa shape index (κ3) is 8.86. The zero-order chi connectivity index (χ0) is 14.1. The van der Waals surface area contributed by atoms with Crippen molar-refractivity contribution >= 4 is 29.5 Å². The molecule has 0 rings (SSSR count). The van der Waals surface area contributed by atoms with E-state index < -0.39 is 17.8 Å². The second-order valence-corrected chi connectivity index (χ2v) is 5.41. The normalized spacial score (nSPS) is 12.2. The average Bonchev–Trinajstić information content (AvgIpc) is 2.22. The van der Waals surface area contributed by atoms with E-state index in [2.05, 4.69) is 5.32 Å². The molecule has 0 aliphatic rings. The molecular weight excluding hydrogens is 256 g/mol. The highest BCUT2D eigenvalue weighted by molar-refractivity contribution is 8.00. The van der Waals surface area contributed by atoms with Crippen molar-refractivity contribution in [1.29, 1.82) is 0 Å². The van der Waals surface area contributed by atoms with E-state index in [0.717, 1.165) is 11.8 Å². The second kappa shape index (κ2) is 8.79. The summed E-state index contributed by atoms with van der Waals surface area (Å²) in [5.74, 6) is -1.79. The van der Waals surface area contributed by atoms with Gasteiger partial charge in [0.15, 0.2) is 0 Å². The molecule has 7 heteroatoms. The average molecular weight is 276 g/mol. The van der Waals surface area contributed by atoms with Gasteiger partial charge >= 0.3 is 5.97 Å². The molecule has 18 heavy (non-hydrogen) atoms. The summed E-state index contributed by atoms with van der Waals surface area (Å²) in [7, 11) is 0. The topological polar surface area (TPSA) is 109 Å². The molecule has 0 aromatic rings. The predicted molar refractivity (Wildman–Crippen MR) is 70.1 cm³/mol. The maximum Gasteiger partial charge on any atom is 0.308 e. The van der Waals surface area contributed by atoms with Crippen molar-refractivity contribution < 1.29 is 19.5 Å². The van der Waals surface area contributed by atoms with Crippen molar-refractivity contribution in [3.63, 3.8) is 0 Å². The number of aliphatic carboxylic acids is 1. The summed E-state index contributed by atoms with van der Waals surface area (Å²) in [4.78, 5) is 32.7. The van der Waals surface area contributed by atoms with Crippen molar-refractivity contribution in [2.45, 2.75) is 20.3 Å². The first kappa shape index (κ1) is 16.8. The molecule has 4 N–H and O–H groups in total. The van der Waals surface area contributed by atoms with Crippen LogP contribution in [0.3, 0.4) is 0 Å². The fraction of sp³-hybridized carbons (Fsp3) is 0.727. The summed E-state index contributed by atoms with van der Waals surface area (Å²) in [6.07, 6.45) is 0.518. The quantitative estimate of drug-likeness (QED) is 0.552. The van der Waals surface area contributed by atoms with Gasteiger partial charge in [-0.3, -0.25) is 14.4 Å². The van der Waals surface area contributed by atoms with E-state index in [0.29, 0.717) is 6.42 Å². The van der Waals surface area contributed by atoms with E-state index >= 15 is 0 Å². The summed E-state index contributed by atoms with van der Waals surface area (Å²) in [6, 6.07) is 0. The van der Waals surface area contributed by atoms with Gasteiger partial charge in [-0.1, -0.05) is 13.8 Å². The Morgan fingerprint density at radius 3 is 2.33 bits per heavy atom. The van der Waals surface area contributed by atoms with E-state index in [1.807, 2.05) is 13.8 Å². The molecular formula is C11H20N2O4S. The largest absolute Gasteiger partial charge is 0.481 e. The maximum absolute atomic E-state index is 11.4. The van der Waals surface area contributed by atoms with Crippen LogP contribution >= 0.6 is 11.8 Å². The van der Waals surface area contributed by atoms with Crippen LogP contribution in [0.5, 0.6) is 0 Å². The SMILES string of the molecule is CC(C)CC(CNC(=O)CSCC(N)=O)C(=O)O. The van der Waals surface area contributed by atoms with Gasteiger partial charge in [-0.05, 0) is 12.3 Å². The minimum absolute atomic E-state index is 0.0851.